The Morgan fingerprint density at radius 3 is 2.78 bits per heavy atom. The number of nitrogens with zero attached hydrogens (tertiary/aromatic N) is 1. The molecule has 1 aliphatic heterocycles. The van der Waals surface area contributed by atoms with Crippen LogP contribution in [0.25, 0.3) is 0 Å². The van der Waals surface area contributed by atoms with Crippen LogP contribution in [0, 0.1) is 0 Å². The van der Waals surface area contributed by atoms with Gasteiger partial charge in [-0.05, 0) is 61.5 Å². The van der Waals surface area contributed by atoms with E-state index in [4.69, 9.17) is 4.74 Å². The Morgan fingerprint density at radius 1 is 1.09 bits per heavy atom. The van der Waals surface area contributed by atoms with Gasteiger partial charge < -0.3 is 9.64 Å². The van der Waals surface area contributed by atoms with Gasteiger partial charge in [0, 0.05) is 6.54 Å². The second-order valence-electron chi connectivity index (χ2n) is 6.49. The third-order valence-corrected chi connectivity index (χ3v) is 4.62. The van der Waals surface area contributed by atoms with Crippen molar-refractivity contribution >= 4 is 0 Å². The van der Waals surface area contributed by atoms with Gasteiger partial charge in [-0.25, -0.2) is 0 Å². The Balaban J connectivity index is 1.62. The van der Waals surface area contributed by atoms with Crippen LogP contribution in [0.15, 0.2) is 54.6 Å². The van der Waals surface area contributed by atoms with Crippen molar-refractivity contribution in [3.05, 3.63) is 65.7 Å². The summed E-state index contributed by atoms with van der Waals surface area (Å²) in [6.07, 6.45) is 3.84. The van der Waals surface area contributed by atoms with Crippen LogP contribution >= 0.6 is 0 Å². The molecule has 0 aliphatic carbocycles. The fourth-order valence-corrected chi connectivity index (χ4v) is 3.45. The second kappa shape index (κ2) is 8.16. The predicted octanol–water partition coefficient (Wildman–Crippen LogP) is 4.86. The standard InChI is InChI=1S/C21H27NO/c1-2-13-22-14-7-11-20(16-22)19-10-6-12-21(15-19)23-17-18-8-4-3-5-9-18/h3-6,8-10,12,15,20H,2,7,11,13-14,16-17H2,1H3. The van der Waals surface area contributed by atoms with Crippen LogP contribution < -0.4 is 4.74 Å². The maximum atomic E-state index is 5.98. The van der Waals surface area contributed by atoms with E-state index >= 15 is 0 Å². The molecular weight excluding hydrogens is 282 g/mol. The van der Waals surface area contributed by atoms with Crippen LogP contribution in [0.3, 0.4) is 0 Å². The molecule has 23 heavy (non-hydrogen) atoms. The minimum absolute atomic E-state index is 0.636. The number of benzene rings is 2. The molecular formula is C21H27NO. The van der Waals surface area contributed by atoms with Crippen LogP contribution in [0.1, 0.15) is 43.2 Å². The smallest absolute Gasteiger partial charge is 0.120 e. The van der Waals surface area contributed by atoms with Crippen molar-refractivity contribution in [2.24, 2.45) is 0 Å². The van der Waals surface area contributed by atoms with Gasteiger partial charge in [0.1, 0.15) is 12.4 Å². The largest absolute Gasteiger partial charge is 0.489 e. The summed E-state index contributed by atoms with van der Waals surface area (Å²) in [5.41, 5.74) is 2.64. The highest BCUT2D eigenvalue weighted by atomic mass is 16.5. The molecule has 1 aliphatic rings. The highest BCUT2D eigenvalue weighted by Crippen LogP contribution is 2.29. The van der Waals surface area contributed by atoms with Gasteiger partial charge >= 0.3 is 0 Å². The number of ether oxygens (including phenoxy) is 1. The number of likely N-dealkylation sites (tertiary alicyclic amines) is 1. The quantitative estimate of drug-likeness (QED) is 0.756. The van der Waals surface area contributed by atoms with E-state index in [9.17, 15) is 0 Å². The van der Waals surface area contributed by atoms with E-state index < -0.39 is 0 Å². The number of hydrogen-bond donors (Lipinski definition) is 0. The molecule has 0 spiro atoms. The molecule has 2 aromatic rings. The first-order chi connectivity index (χ1) is 11.3. The lowest BCUT2D eigenvalue weighted by Crippen LogP contribution is -2.34. The first kappa shape index (κ1) is 16.1. The Kier molecular flexibility index (Phi) is 5.71. The molecule has 0 bridgehead atoms. The molecule has 1 unspecified atom stereocenters. The third-order valence-electron chi connectivity index (χ3n) is 4.62. The van der Waals surface area contributed by atoms with E-state index in [2.05, 4.69) is 60.4 Å². The molecule has 122 valence electrons. The normalized spacial score (nSPS) is 18.7. The van der Waals surface area contributed by atoms with Crippen LogP contribution in [0.2, 0.25) is 0 Å². The van der Waals surface area contributed by atoms with E-state index in [0.717, 1.165) is 5.75 Å². The molecule has 1 saturated heterocycles. The fourth-order valence-electron chi connectivity index (χ4n) is 3.45. The summed E-state index contributed by atoms with van der Waals surface area (Å²) >= 11 is 0. The molecule has 0 saturated carbocycles. The molecule has 1 fully saturated rings. The summed E-state index contributed by atoms with van der Waals surface area (Å²) in [4.78, 5) is 2.60. The zero-order chi connectivity index (χ0) is 15.9. The van der Waals surface area contributed by atoms with Gasteiger partial charge in [-0.1, -0.05) is 49.4 Å². The van der Waals surface area contributed by atoms with Crippen LogP contribution in [0.4, 0.5) is 0 Å². The molecule has 0 N–H and O–H groups in total. The topological polar surface area (TPSA) is 12.5 Å². The minimum Gasteiger partial charge on any atom is -0.489 e. The van der Waals surface area contributed by atoms with E-state index in [-0.39, 0.29) is 0 Å². The van der Waals surface area contributed by atoms with Crippen molar-refractivity contribution in [1.29, 1.82) is 0 Å². The molecule has 1 heterocycles. The first-order valence-electron chi connectivity index (χ1n) is 8.84. The Hall–Kier alpha value is -1.80. The van der Waals surface area contributed by atoms with E-state index in [1.807, 2.05) is 6.07 Å². The minimum atomic E-state index is 0.636. The summed E-state index contributed by atoms with van der Waals surface area (Å²) < 4.78 is 5.98. The van der Waals surface area contributed by atoms with Crippen molar-refractivity contribution in [2.75, 3.05) is 19.6 Å². The molecule has 0 amide bonds. The third kappa shape index (κ3) is 4.59. The lowest BCUT2D eigenvalue weighted by atomic mass is 9.90. The van der Waals surface area contributed by atoms with Gasteiger partial charge in [-0.15, -0.1) is 0 Å². The van der Waals surface area contributed by atoms with Gasteiger partial charge in [0.15, 0.2) is 0 Å². The van der Waals surface area contributed by atoms with Crippen LogP contribution in [-0.2, 0) is 6.61 Å². The monoisotopic (exact) mass is 309 g/mol. The molecule has 2 nitrogen and oxygen atoms in total. The van der Waals surface area contributed by atoms with Gasteiger partial charge in [-0.3, -0.25) is 0 Å². The van der Waals surface area contributed by atoms with Gasteiger partial charge in [-0.2, -0.15) is 0 Å². The van der Waals surface area contributed by atoms with Gasteiger partial charge in [0.25, 0.3) is 0 Å². The van der Waals surface area contributed by atoms with Crippen LogP contribution in [-0.4, -0.2) is 24.5 Å². The zero-order valence-electron chi connectivity index (χ0n) is 14.1. The predicted molar refractivity (Wildman–Crippen MR) is 95.9 cm³/mol. The summed E-state index contributed by atoms with van der Waals surface area (Å²) in [6.45, 7) is 6.57. The molecule has 0 aromatic heterocycles. The number of rotatable bonds is 6. The highest BCUT2D eigenvalue weighted by Gasteiger charge is 2.20. The molecule has 2 heteroatoms. The maximum absolute atomic E-state index is 5.98. The highest BCUT2D eigenvalue weighted by molar-refractivity contribution is 5.31. The van der Waals surface area contributed by atoms with Crippen molar-refractivity contribution in [3.63, 3.8) is 0 Å². The van der Waals surface area contributed by atoms with Crippen molar-refractivity contribution in [1.82, 2.24) is 4.90 Å². The Bertz CT molecular complexity index is 594. The first-order valence-corrected chi connectivity index (χ1v) is 8.84. The summed E-state index contributed by atoms with van der Waals surface area (Å²) in [7, 11) is 0. The lowest BCUT2D eigenvalue weighted by molar-refractivity contribution is 0.208. The molecule has 2 aromatic carbocycles. The van der Waals surface area contributed by atoms with Gasteiger partial charge in [0.2, 0.25) is 0 Å². The lowest BCUT2D eigenvalue weighted by Gasteiger charge is -2.32. The van der Waals surface area contributed by atoms with Crippen molar-refractivity contribution in [3.8, 4) is 5.75 Å². The van der Waals surface area contributed by atoms with Crippen molar-refractivity contribution < 1.29 is 4.74 Å². The number of piperidine rings is 1. The number of hydrogen-bond acceptors (Lipinski definition) is 2. The zero-order valence-corrected chi connectivity index (χ0v) is 14.1. The molecule has 0 radical (unpaired) electrons. The summed E-state index contributed by atoms with van der Waals surface area (Å²) in [6, 6.07) is 19.1. The van der Waals surface area contributed by atoms with E-state index in [1.165, 1.54) is 50.0 Å². The van der Waals surface area contributed by atoms with Crippen LogP contribution in [0.5, 0.6) is 5.75 Å². The van der Waals surface area contributed by atoms with Crippen molar-refractivity contribution in [2.45, 2.75) is 38.7 Å². The molecule has 3 rings (SSSR count). The summed E-state index contributed by atoms with van der Waals surface area (Å²) in [5.74, 6) is 1.63. The average molecular weight is 309 g/mol. The fraction of sp³-hybridized carbons (Fsp3) is 0.429. The summed E-state index contributed by atoms with van der Waals surface area (Å²) in [5, 5.41) is 0. The molecule has 1 atom stereocenters. The Labute approximate surface area is 140 Å². The Morgan fingerprint density at radius 2 is 1.96 bits per heavy atom. The van der Waals surface area contributed by atoms with E-state index in [0.29, 0.717) is 12.5 Å². The second-order valence-corrected chi connectivity index (χ2v) is 6.49. The average Bonchev–Trinajstić information content (AvgIpc) is 2.62. The van der Waals surface area contributed by atoms with E-state index in [1.54, 1.807) is 0 Å². The van der Waals surface area contributed by atoms with Gasteiger partial charge in [0.05, 0.1) is 0 Å². The maximum Gasteiger partial charge on any atom is 0.120 e. The SMILES string of the molecule is CCCN1CCCC(c2cccc(OCc3ccccc3)c2)C1.